The molecule has 0 aliphatic carbocycles. The first-order valence-electron chi connectivity index (χ1n) is 6.54. The van der Waals surface area contributed by atoms with Crippen molar-refractivity contribution in [2.45, 2.75) is 39.2 Å². The summed E-state index contributed by atoms with van der Waals surface area (Å²) in [6, 6.07) is 4.26. The number of halogens is 1. The van der Waals surface area contributed by atoms with Crippen molar-refractivity contribution in [3.05, 3.63) is 24.0 Å². The van der Waals surface area contributed by atoms with E-state index in [1.165, 1.54) is 25.0 Å². The second-order valence-electron chi connectivity index (χ2n) is 4.52. The van der Waals surface area contributed by atoms with Gasteiger partial charge in [0, 0.05) is 17.8 Å². The highest BCUT2D eigenvalue weighted by molar-refractivity contribution is 5.71. The average Bonchev–Trinajstić information content (AvgIpc) is 2.83. The number of nitrogen functional groups attached to an aromatic ring is 1. The van der Waals surface area contributed by atoms with Gasteiger partial charge < -0.3 is 5.73 Å². The van der Waals surface area contributed by atoms with Gasteiger partial charge in [0.1, 0.15) is 5.82 Å². The number of tetrazole rings is 1. The van der Waals surface area contributed by atoms with E-state index in [4.69, 9.17) is 5.73 Å². The smallest absolute Gasteiger partial charge is 0.184 e. The maximum atomic E-state index is 13.0. The van der Waals surface area contributed by atoms with Crippen LogP contribution in [0.3, 0.4) is 0 Å². The number of unbranched alkanes of at least 4 members (excludes halogenated alkanes) is 3. The molecular weight excluding hydrogens is 245 g/mol. The number of anilines is 1. The molecule has 1 heterocycles. The molecular formula is C13H18FN5. The van der Waals surface area contributed by atoms with E-state index < -0.39 is 0 Å². The van der Waals surface area contributed by atoms with Crippen molar-refractivity contribution in [2.24, 2.45) is 0 Å². The van der Waals surface area contributed by atoms with E-state index in [0.29, 0.717) is 17.1 Å². The monoisotopic (exact) mass is 263 g/mol. The Balaban J connectivity index is 2.14. The quantitative estimate of drug-likeness (QED) is 0.642. The van der Waals surface area contributed by atoms with Crippen molar-refractivity contribution < 1.29 is 4.39 Å². The number of benzene rings is 1. The SMILES string of the molecule is CCCCCCn1nnnc1-c1ccc(F)cc1N. The van der Waals surface area contributed by atoms with Crippen LogP contribution in [0.5, 0.6) is 0 Å². The molecule has 0 aliphatic heterocycles. The molecule has 0 bridgehead atoms. The van der Waals surface area contributed by atoms with Crippen LogP contribution in [-0.4, -0.2) is 20.2 Å². The fraction of sp³-hybridized carbons (Fsp3) is 0.462. The second-order valence-corrected chi connectivity index (χ2v) is 4.52. The molecule has 0 atom stereocenters. The normalized spacial score (nSPS) is 10.8. The molecule has 0 fully saturated rings. The number of hydrogen-bond acceptors (Lipinski definition) is 4. The summed E-state index contributed by atoms with van der Waals surface area (Å²) < 4.78 is 14.8. The molecule has 0 saturated heterocycles. The van der Waals surface area contributed by atoms with E-state index >= 15 is 0 Å². The van der Waals surface area contributed by atoms with Crippen LogP contribution < -0.4 is 5.73 Å². The molecule has 1 aromatic carbocycles. The van der Waals surface area contributed by atoms with Crippen LogP contribution in [0.25, 0.3) is 11.4 Å². The maximum absolute atomic E-state index is 13.0. The Morgan fingerprint density at radius 3 is 2.84 bits per heavy atom. The summed E-state index contributed by atoms with van der Waals surface area (Å²) in [5.41, 5.74) is 6.83. The maximum Gasteiger partial charge on any atom is 0.184 e. The summed E-state index contributed by atoms with van der Waals surface area (Å²) in [5.74, 6) is 0.234. The zero-order valence-corrected chi connectivity index (χ0v) is 11.0. The molecule has 0 saturated carbocycles. The molecule has 0 radical (unpaired) electrons. The van der Waals surface area contributed by atoms with Crippen LogP contribution in [0.4, 0.5) is 10.1 Å². The highest BCUT2D eigenvalue weighted by atomic mass is 19.1. The summed E-state index contributed by atoms with van der Waals surface area (Å²) in [4.78, 5) is 0. The third-order valence-corrected chi connectivity index (χ3v) is 3.01. The largest absolute Gasteiger partial charge is 0.398 e. The Morgan fingerprint density at radius 1 is 1.26 bits per heavy atom. The Bertz CT molecular complexity index is 538. The van der Waals surface area contributed by atoms with Crippen LogP contribution in [0, 0.1) is 5.82 Å². The predicted octanol–water partition coefficient (Wildman–Crippen LogP) is 2.64. The molecule has 2 rings (SSSR count). The van der Waals surface area contributed by atoms with Crippen molar-refractivity contribution in [3.8, 4) is 11.4 Å². The Morgan fingerprint density at radius 2 is 2.11 bits per heavy atom. The third-order valence-electron chi connectivity index (χ3n) is 3.01. The summed E-state index contributed by atoms with van der Waals surface area (Å²) in [7, 11) is 0. The van der Waals surface area contributed by atoms with E-state index in [-0.39, 0.29) is 5.82 Å². The molecule has 0 aliphatic rings. The van der Waals surface area contributed by atoms with E-state index in [0.717, 1.165) is 19.4 Å². The molecule has 0 amide bonds. The minimum absolute atomic E-state index is 0.351. The highest BCUT2D eigenvalue weighted by Gasteiger charge is 2.12. The van der Waals surface area contributed by atoms with E-state index in [9.17, 15) is 4.39 Å². The Hall–Kier alpha value is -1.98. The van der Waals surface area contributed by atoms with E-state index in [2.05, 4.69) is 22.4 Å². The van der Waals surface area contributed by atoms with Crippen LogP contribution >= 0.6 is 0 Å². The number of hydrogen-bond donors (Lipinski definition) is 1. The van der Waals surface area contributed by atoms with Crippen molar-refractivity contribution in [1.29, 1.82) is 0 Å². The fourth-order valence-corrected chi connectivity index (χ4v) is 1.97. The molecule has 19 heavy (non-hydrogen) atoms. The van der Waals surface area contributed by atoms with Crippen molar-refractivity contribution in [3.63, 3.8) is 0 Å². The lowest BCUT2D eigenvalue weighted by Crippen LogP contribution is -2.04. The summed E-state index contributed by atoms with van der Waals surface area (Å²) in [6.07, 6.45) is 4.56. The second kappa shape index (κ2) is 6.26. The van der Waals surface area contributed by atoms with Crippen LogP contribution in [0.1, 0.15) is 32.6 Å². The topological polar surface area (TPSA) is 69.6 Å². The van der Waals surface area contributed by atoms with Gasteiger partial charge in [-0.1, -0.05) is 26.2 Å². The average molecular weight is 263 g/mol. The van der Waals surface area contributed by atoms with Gasteiger partial charge in [0.2, 0.25) is 0 Å². The van der Waals surface area contributed by atoms with Crippen LogP contribution in [0.15, 0.2) is 18.2 Å². The molecule has 5 nitrogen and oxygen atoms in total. The van der Waals surface area contributed by atoms with Crippen LogP contribution in [0.2, 0.25) is 0 Å². The molecule has 1 aromatic heterocycles. The van der Waals surface area contributed by atoms with Crippen molar-refractivity contribution in [1.82, 2.24) is 20.2 Å². The molecule has 6 heteroatoms. The van der Waals surface area contributed by atoms with E-state index in [1.54, 1.807) is 10.7 Å². The number of nitrogens with two attached hydrogens (primary N) is 1. The van der Waals surface area contributed by atoms with Gasteiger partial charge in [-0.25, -0.2) is 9.07 Å². The minimum atomic E-state index is -0.358. The van der Waals surface area contributed by atoms with Gasteiger partial charge in [0.05, 0.1) is 0 Å². The van der Waals surface area contributed by atoms with Gasteiger partial charge in [-0.2, -0.15) is 0 Å². The van der Waals surface area contributed by atoms with Gasteiger partial charge >= 0.3 is 0 Å². The number of aromatic nitrogens is 4. The lowest BCUT2D eigenvalue weighted by atomic mass is 10.1. The predicted molar refractivity (Wildman–Crippen MR) is 71.8 cm³/mol. The summed E-state index contributed by atoms with van der Waals surface area (Å²) in [5, 5.41) is 11.6. The lowest BCUT2D eigenvalue weighted by Gasteiger charge is -2.06. The van der Waals surface area contributed by atoms with E-state index in [1.807, 2.05) is 0 Å². The van der Waals surface area contributed by atoms with Crippen LogP contribution in [-0.2, 0) is 6.54 Å². The molecule has 0 unspecified atom stereocenters. The molecule has 0 spiro atoms. The Labute approximate surface area is 111 Å². The van der Waals surface area contributed by atoms with Gasteiger partial charge in [0.15, 0.2) is 5.82 Å². The number of rotatable bonds is 6. The highest BCUT2D eigenvalue weighted by Crippen LogP contribution is 2.24. The van der Waals surface area contributed by atoms with Crippen molar-refractivity contribution in [2.75, 3.05) is 5.73 Å². The first-order chi connectivity index (χ1) is 9.22. The standard InChI is InChI=1S/C13H18FN5/c1-2-3-4-5-8-19-13(16-17-18-19)11-7-6-10(14)9-12(11)15/h6-7,9H,2-5,8,15H2,1H3. The molecule has 102 valence electrons. The fourth-order valence-electron chi connectivity index (χ4n) is 1.97. The van der Waals surface area contributed by atoms with Gasteiger partial charge in [-0.15, -0.1) is 5.10 Å². The minimum Gasteiger partial charge on any atom is -0.398 e. The number of aryl methyl sites for hydroxylation is 1. The molecule has 2 N–H and O–H groups in total. The zero-order valence-electron chi connectivity index (χ0n) is 11.0. The van der Waals surface area contributed by atoms with Crippen molar-refractivity contribution >= 4 is 5.69 Å². The van der Waals surface area contributed by atoms with Gasteiger partial charge in [-0.05, 0) is 35.0 Å². The Kier molecular flexibility index (Phi) is 4.43. The first-order valence-corrected chi connectivity index (χ1v) is 6.54. The van der Waals surface area contributed by atoms with Gasteiger partial charge in [0.25, 0.3) is 0 Å². The summed E-state index contributed by atoms with van der Waals surface area (Å²) >= 11 is 0. The number of nitrogens with zero attached hydrogens (tertiary/aromatic N) is 4. The zero-order chi connectivity index (χ0) is 13.7. The summed E-state index contributed by atoms with van der Waals surface area (Å²) in [6.45, 7) is 2.92. The molecule has 2 aromatic rings. The van der Waals surface area contributed by atoms with Gasteiger partial charge in [-0.3, -0.25) is 0 Å². The third kappa shape index (κ3) is 3.27. The first kappa shape index (κ1) is 13.5. The lowest BCUT2D eigenvalue weighted by molar-refractivity contribution is 0.531.